The van der Waals surface area contributed by atoms with E-state index in [1.54, 1.807) is 24.0 Å². The molecular weight excluding hydrogens is 357 g/mol. The van der Waals surface area contributed by atoms with Crippen molar-refractivity contribution in [3.63, 3.8) is 0 Å². The quantitative estimate of drug-likeness (QED) is 0.857. The van der Waals surface area contributed by atoms with Crippen molar-refractivity contribution in [3.8, 4) is 0 Å². The predicted octanol–water partition coefficient (Wildman–Crippen LogP) is 3.68. The molecule has 28 heavy (non-hydrogen) atoms. The zero-order valence-electron chi connectivity index (χ0n) is 17.2. The third-order valence-electron chi connectivity index (χ3n) is 6.72. The summed E-state index contributed by atoms with van der Waals surface area (Å²) in [6.07, 6.45) is 5.31. The van der Waals surface area contributed by atoms with Crippen molar-refractivity contribution in [2.75, 3.05) is 20.1 Å². The minimum Gasteiger partial charge on any atom is -0.343 e. The van der Waals surface area contributed by atoms with Gasteiger partial charge in [-0.05, 0) is 61.6 Å². The van der Waals surface area contributed by atoms with Gasteiger partial charge in [0.1, 0.15) is 5.82 Å². The monoisotopic (exact) mass is 389 g/mol. The molecule has 1 saturated heterocycles. The van der Waals surface area contributed by atoms with E-state index in [0.29, 0.717) is 13.1 Å². The Balaban J connectivity index is 1.49. The largest absolute Gasteiger partial charge is 0.343 e. The Labute approximate surface area is 167 Å². The van der Waals surface area contributed by atoms with Crippen molar-refractivity contribution >= 4 is 11.9 Å². The van der Waals surface area contributed by atoms with Crippen molar-refractivity contribution in [3.05, 3.63) is 35.6 Å². The lowest BCUT2D eigenvalue weighted by molar-refractivity contribution is -0.130. The van der Waals surface area contributed by atoms with E-state index in [1.165, 1.54) is 6.07 Å². The van der Waals surface area contributed by atoms with Crippen molar-refractivity contribution in [1.29, 1.82) is 0 Å². The van der Waals surface area contributed by atoms with Crippen molar-refractivity contribution < 1.29 is 14.0 Å². The van der Waals surface area contributed by atoms with Crippen molar-refractivity contribution in [1.82, 2.24) is 15.1 Å². The summed E-state index contributed by atoms with van der Waals surface area (Å²) in [5.41, 5.74) is 1.01. The Morgan fingerprint density at radius 2 is 1.82 bits per heavy atom. The molecule has 0 bridgehead atoms. The molecule has 0 spiro atoms. The Morgan fingerprint density at radius 1 is 1.18 bits per heavy atom. The second kappa shape index (κ2) is 8.50. The van der Waals surface area contributed by atoms with E-state index < -0.39 is 0 Å². The van der Waals surface area contributed by atoms with E-state index >= 15 is 0 Å². The second-order valence-electron chi connectivity index (χ2n) is 8.64. The van der Waals surface area contributed by atoms with Gasteiger partial charge in [0.25, 0.3) is 0 Å². The van der Waals surface area contributed by atoms with Crippen LogP contribution in [0.4, 0.5) is 9.18 Å². The molecule has 1 heterocycles. The molecule has 0 aromatic heterocycles. The molecule has 1 saturated carbocycles. The van der Waals surface area contributed by atoms with Gasteiger partial charge in [0.2, 0.25) is 5.91 Å². The maximum absolute atomic E-state index is 13.6. The Morgan fingerprint density at radius 3 is 2.39 bits per heavy atom. The average molecular weight is 390 g/mol. The van der Waals surface area contributed by atoms with Crippen LogP contribution in [0.15, 0.2) is 24.3 Å². The summed E-state index contributed by atoms with van der Waals surface area (Å²) < 4.78 is 13.6. The minimum absolute atomic E-state index is 0.0272. The number of piperidine rings is 1. The van der Waals surface area contributed by atoms with E-state index in [0.717, 1.165) is 44.1 Å². The first kappa shape index (κ1) is 20.6. The van der Waals surface area contributed by atoms with Crippen LogP contribution >= 0.6 is 0 Å². The first-order chi connectivity index (χ1) is 13.3. The van der Waals surface area contributed by atoms with Gasteiger partial charge < -0.3 is 15.1 Å². The standard InChI is InChI=1S/C22H32FN3O2/c1-16(27)26-13-9-20(10-14-26)25(3)21(28)24-19-7-11-22(2,12-8-19)17-5-4-6-18(23)15-17/h4-6,15,19-20H,7-14H2,1-3H3,(H,24,28). The number of nitrogens with zero attached hydrogens (tertiary/aromatic N) is 2. The number of likely N-dealkylation sites (tertiary alicyclic amines) is 1. The number of rotatable bonds is 3. The summed E-state index contributed by atoms with van der Waals surface area (Å²) >= 11 is 0. The van der Waals surface area contributed by atoms with Crippen LogP contribution in [-0.2, 0) is 10.2 Å². The molecule has 1 aromatic carbocycles. The van der Waals surface area contributed by atoms with Crippen LogP contribution in [0.3, 0.4) is 0 Å². The predicted molar refractivity (Wildman–Crippen MR) is 108 cm³/mol. The number of carbonyl (C=O) groups is 2. The van der Waals surface area contributed by atoms with Crippen LogP contribution in [0.25, 0.3) is 0 Å². The lowest BCUT2D eigenvalue weighted by Gasteiger charge is -2.40. The number of hydrogen-bond donors (Lipinski definition) is 1. The van der Waals surface area contributed by atoms with Gasteiger partial charge in [-0.1, -0.05) is 19.1 Å². The molecule has 0 atom stereocenters. The molecule has 1 aliphatic heterocycles. The fourth-order valence-corrected chi connectivity index (χ4v) is 4.56. The number of halogens is 1. The fourth-order valence-electron chi connectivity index (χ4n) is 4.56. The second-order valence-corrected chi connectivity index (χ2v) is 8.64. The molecule has 0 radical (unpaired) electrons. The van der Waals surface area contributed by atoms with Crippen LogP contribution in [0.2, 0.25) is 0 Å². The molecule has 3 amide bonds. The molecule has 2 fully saturated rings. The highest BCUT2D eigenvalue weighted by atomic mass is 19.1. The molecule has 5 nitrogen and oxygen atoms in total. The zero-order chi connectivity index (χ0) is 20.3. The van der Waals surface area contributed by atoms with Gasteiger partial charge in [-0.25, -0.2) is 9.18 Å². The molecule has 0 unspecified atom stereocenters. The number of amides is 3. The van der Waals surface area contributed by atoms with E-state index in [2.05, 4.69) is 12.2 Å². The summed E-state index contributed by atoms with van der Waals surface area (Å²) in [7, 11) is 1.85. The summed E-state index contributed by atoms with van der Waals surface area (Å²) in [6, 6.07) is 7.21. The van der Waals surface area contributed by atoms with Gasteiger partial charge in [0.05, 0.1) is 0 Å². The van der Waals surface area contributed by atoms with Crippen molar-refractivity contribution in [2.45, 2.75) is 69.9 Å². The van der Waals surface area contributed by atoms with E-state index in [4.69, 9.17) is 0 Å². The topological polar surface area (TPSA) is 52.7 Å². The molecule has 1 aromatic rings. The maximum atomic E-state index is 13.6. The molecular formula is C22H32FN3O2. The number of benzene rings is 1. The van der Waals surface area contributed by atoms with Crippen LogP contribution in [0.5, 0.6) is 0 Å². The van der Waals surface area contributed by atoms with Gasteiger partial charge in [-0.15, -0.1) is 0 Å². The Hall–Kier alpha value is -2.11. The first-order valence-corrected chi connectivity index (χ1v) is 10.3. The highest BCUT2D eigenvalue weighted by Gasteiger charge is 2.34. The van der Waals surface area contributed by atoms with Gasteiger partial charge >= 0.3 is 6.03 Å². The average Bonchev–Trinajstić information content (AvgIpc) is 2.69. The summed E-state index contributed by atoms with van der Waals surface area (Å²) in [5, 5.41) is 3.18. The maximum Gasteiger partial charge on any atom is 0.317 e. The lowest BCUT2D eigenvalue weighted by Crippen LogP contribution is -2.52. The molecule has 6 heteroatoms. The summed E-state index contributed by atoms with van der Waals surface area (Å²) in [6.45, 7) is 5.21. The third kappa shape index (κ3) is 4.65. The molecule has 3 rings (SSSR count). The van der Waals surface area contributed by atoms with Crippen LogP contribution in [0, 0.1) is 5.82 Å². The number of carbonyl (C=O) groups excluding carboxylic acids is 2. The molecule has 1 N–H and O–H groups in total. The van der Waals surface area contributed by atoms with E-state index in [9.17, 15) is 14.0 Å². The van der Waals surface area contributed by atoms with Crippen molar-refractivity contribution in [2.24, 2.45) is 0 Å². The Kier molecular flexibility index (Phi) is 6.26. The van der Waals surface area contributed by atoms with Crippen LogP contribution in [0.1, 0.15) is 57.9 Å². The van der Waals surface area contributed by atoms with E-state index in [1.807, 2.05) is 18.0 Å². The number of nitrogens with one attached hydrogen (secondary N) is 1. The summed E-state index contributed by atoms with van der Waals surface area (Å²) in [4.78, 5) is 27.8. The molecule has 1 aliphatic carbocycles. The normalized spacial score (nSPS) is 26.0. The fraction of sp³-hybridized carbons (Fsp3) is 0.636. The smallest absolute Gasteiger partial charge is 0.317 e. The minimum atomic E-state index is -0.188. The highest BCUT2D eigenvalue weighted by molar-refractivity contribution is 5.75. The van der Waals surface area contributed by atoms with Gasteiger partial charge in [0, 0.05) is 39.1 Å². The third-order valence-corrected chi connectivity index (χ3v) is 6.72. The molecule has 2 aliphatic rings. The van der Waals surface area contributed by atoms with Gasteiger partial charge in [0.15, 0.2) is 0 Å². The Bertz CT molecular complexity index is 707. The number of hydrogen-bond acceptors (Lipinski definition) is 2. The lowest BCUT2D eigenvalue weighted by atomic mass is 9.69. The zero-order valence-corrected chi connectivity index (χ0v) is 17.2. The number of urea groups is 1. The highest BCUT2D eigenvalue weighted by Crippen LogP contribution is 2.39. The van der Waals surface area contributed by atoms with Gasteiger partial charge in [-0.2, -0.15) is 0 Å². The van der Waals surface area contributed by atoms with E-state index in [-0.39, 0.29) is 35.3 Å². The van der Waals surface area contributed by atoms with Crippen LogP contribution < -0.4 is 5.32 Å². The summed E-state index contributed by atoms with van der Waals surface area (Å²) in [5.74, 6) is -0.0827. The molecule has 154 valence electrons. The first-order valence-electron chi connectivity index (χ1n) is 10.3. The van der Waals surface area contributed by atoms with Gasteiger partial charge in [-0.3, -0.25) is 4.79 Å². The SMILES string of the molecule is CC(=O)N1CCC(N(C)C(=O)NC2CCC(C)(c3cccc(F)c3)CC2)CC1. The van der Waals surface area contributed by atoms with Crippen LogP contribution in [-0.4, -0.2) is 54.0 Å².